The number of fused-ring (bicyclic) bond motifs is 3. The second-order valence-electron chi connectivity index (χ2n) is 5.34. The molecular formula is C13H16O2. The molecule has 0 aromatic heterocycles. The zero-order valence-corrected chi connectivity index (χ0v) is 9.32. The summed E-state index contributed by atoms with van der Waals surface area (Å²) in [5.74, 6) is 0. The van der Waals surface area contributed by atoms with Crippen LogP contribution < -0.4 is 0 Å². The molecule has 0 spiro atoms. The van der Waals surface area contributed by atoms with Crippen molar-refractivity contribution in [3.05, 3.63) is 35.4 Å². The monoisotopic (exact) mass is 204 g/mol. The first-order chi connectivity index (χ1) is 6.96. The fourth-order valence-corrected chi connectivity index (χ4v) is 2.72. The number of ether oxygens (including phenoxy) is 1. The summed E-state index contributed by atoms with van der Waals surface area (Å²) in [6, 6.07) is 8.27. The smallest absolute Gasteiger partial charge is 0.118 e. The molecule has 1 aromatic carbocycles. The SMILES string of the molecule is CC1(C)c2ccccc2[C@@H]2O[C@@H]2[C@]1(C)O. The van der Waals surface area contributed by atoms with Crippen LogP contribution in [-0.4, -0.2) is 16.8 Å². The van der Waals surface area contributed by atoms with Gasteiger partial charge in [-0.15, -0.1) is 0 Å². The third-order valence-corrected chi connectivity index (χ3v) is 4.25. The zero-order chi connectivity index (χ0) is 10.8. The highest BCUT2D eigenvalue weighted by Crippen LogP contribution is 2.58. The van der Waals surface area contributed by atoms with Crippen LogP contribution in [0.1, 0.15) is 38.0 Å². The maximum absolute atomic E-state index is 10.5. The van der Waals surface area contributed by atoms with E-state index in [9.17, 15) is 5.11 Å². The molecule has 0 radical (unpaired) electrons. The largest absolute Gasteiger partial charge is 0.386 e. The Hall–Kier alpha value is -0.860. The molecule has 2 aliphatic rings. The summed E-state index contributed by atoms with van der Waals surface area (Å²) < 4.78 is 5.61. The average Bonchev–Trinajstić information content (AvgIpc) is 2.96. The minimum atomic E-state index is -0.772. The van der Waals surface area contributed by atoms with Crippen LogP contribution in [0.15, 0.2) is 24.3 Å². The first kappa shape index (κ1) is 9.37. The molecule has 2 heteroatoms. The van der Waals surface area contributed by atoms with Gasteiger partial charge >= 0.3 is 0 Å². The summed E-state index contributed by atoms with van der Waals surface area (Å²) in [7, 11) is 0. The van der Waals surface area contributed by atoms with Crippen LogP contribution >= 0.6 is 0 Å². The molecule has 0 saturated carbocycles. The van der Waals surface area contributed by atoms with Crippen molar-refractivity contribution in [1.82, 2.24) is 0 Å². The summed E-state index contributed by atoms with van der Waals surface area (Å²) >= 11 is 0. The summed E-state index contributed by atoms with van der Waals surface area (Å²) in [6.07, 6.45) is 0.0895. The number of epoxide rings is 1. The van der Waals surface area contributed by atoms with Gasteiger partial charge in [0.05, 0.1) is 5.60 Å². The first-order valence-corrected chi connectivity index (χ1v) is 5.43. The van der Waals surface area contributed by atoms with E-state index in [0.717, 1.165) is 0 Å². The highest BCUT2D eigenvalue weighted by atomic mass is 16.6. The molecule has 3 rings (SSSR count). The number of hydrogen-bond acceptors (Lipinski definition) is 2. The van der Waals surface area contributed by atoms with Crippen LogP contribution in [0, 0.1) is 0 Å². The zero-order valence-electron chi connectivity index (χ0n) is 9.32. The lowest BCUT2D eigenvalue weighted by atomic mass is 9.63. The van der Waals surface area contributed by atoms with E-state index in [1.165, 1.54) is 11.1 Å². The average molecular weight is 204 g/mol. The van der Waals surface area contributed by atoms with E-state index in [2.05, 4.69) is 26.0 Å². The molecule has 1 aliphatic heterocycles. The Morgan fingerprint density at radius 2 is 1.87 bits per heavy atom. The van der Waals surface area contributed by atoms with Crippen molar-refractivity contribution in [3.8, 4) is 0 Å². The Bertz CT molecular complexity index is 420. The highest BCUT2D eigenvalue weighted by Gasteiger charge is 2.63. The quantitative estimate of drug-likeness (QED) is 0.657. The fraction of sp³-hybridized carbons (Fsp3) is 0.538. The molecule has 1 heterocycles. The van der Waals surface area contributed by atoms with Crippen LogP contribution in [0.3, 0.4) is 0 Å². The van der Waals surface area contributed by atoms with E-state index in [-0.39, 0.29) is 17.6 Å². The second kappa shape index (κ2) is 2.45. The Morgan fingerprint density at radius 3 is 2.60 bits per heavy atom. The summed E-state index contributed by atoms with van der Waals surface area (Å²) in [5.41, 5.74) is 1.44. The van der Waals surface area contributed by atoms with Gasteiger partial charge in [-0.05, 0) is 18.1 Å². The molecule has 80 valence electrons. The number of aliphatic hydroxyl groups is 1. The molecule has 1 fully saturated rings. The van der Waals surface area contributed by atoms with E-state index in [4.69, 9.17) is 4.74 Å². The maximum atomic E-state index is 10.5. The van der Waals surface area contributed by atoms with Crippen LogP contribution in [-0.2, 0) is 10.2 Å². The Morgan fingerprint density at radius 1 is 1.20 bits per heavy atom. The fourth-order valence-electron chi connectivity index (χ4n) is 2.72. The lowest BCUT2D eigenvalue weighted by Crippen LogP contribution is -2.52. The van der Waals surface area contributed by atoms with Crippen molar-refractivity contribution in [2.24, 2.45) is 0 Å². The summed E-state index contributed by atoms with van der Waals surface area (Å²) in [4.78, 5) is 0. The van der Waals surface area contributed by atoms with E-state index in [1.807, 2.05) is 19.1 Å². The standard InChI is InChI=1S/C13H16O2/c1-12(2)9-7-5-4-6-8(9)10-11(15-10)13(12,3)14/h4-7,10-11,14H,1-3H3/t10-,11-,13-/m0/s1. The van der Waals surface area contributed by atoms with Crippen molar-refractivity contribution >= 4 is 0 Å². The molecular weight excluding hydrogens is 188 g/mol. The van der Waals surface area contributed by atoms with Gasteiger partial charge < -0.3 is 9.84 Å². The van der Waals surface area contributed by atoms with E-state index in [0.29, 0.717) is 0 Å². The van der Waals surface area contributed by atoms with Crippen LogP contribution in [0.4, 0.5) is 0 Å². The van der Waals surface area contributed by atoms with Gasteiger partial charge in [-0.3, -0.25) is 0 Å². The molecule has 0 bridgehead atoms. The van der Waals surface area contributed by atoms with Crippen LogP contribution in [0.5, 0.6) is 0 Å². The number of benzene rings is 1. The predicted octanol–water partition coefficient (Wildman–Crippen LogP) is 2.17. The number of hydrogen-bond donors (Lipinski definition) is 1. The molecule has 3 atom stereocenters. The van der Waals surface area contributed by atoms with E-state index >= 15 is 0 Å². The van der Waals surface area contributed by atoms with Crippen molar-refractivity contribution < 1.29 is 9.84 Å². The van der Waals surface area contributed by atoms with Gasteiger partial charge in [0, 0.05) is 5.41 Å². The van der Waals surface area contributed by atoms with Gasteiger partial charge in [-0.1, -0.05) is 38.1 Å². The molecule has 15 heavy (non-hydrogen) atoms. The van der Waals surface area contributed by atoms with Gasteiger partial charge in [0.1, 0.15) is 12.2 Å². The topological polar surface area (TPSA) is 32.8 Å². The summed E-state index contributed by atoms with van der Waals surface area (Å²) in [6.45, 7) is 6.06. The minimum absolute atomic E-state index is 0.0256. The van der Waals surface area contributed by atoms with Crippen molar-refractivity contribution in [2.75, 3.05) is 0 Å². The Kier molecular flexibility index (Phi) is 1.53. The molecule has 0 amide bonds. The number of rotatable bonds is 0. The minimum Gasteiger partial charge on any atom is -0.386 e. The van der Waals surface area contributed by atoms with E-state index in [1.54, 1.807) is 0 Å². The third-order valence-electron chi connectivity index (χ3n) is 4.25. The second-order valence-corrected chi connectivity index (χ2v) is 5.34. The van der Waals surface area contributed by atoms with Gasteiger partial charge in [0.15, 0.2) is 0 Å². The molecule has 1 saturated heterocycles. The summed E-state index contributed by atoms with van der Waals surface area (Å²) in [5, 5.41) is 10.5. The molecule has 0 unspecified atom stereocenters. The lowest BCUT2D eigenvalue weighted by Gasteiger charge is -2.43. The Labute approximate surface area is 89.9 Å². The molecule has 2 nitrogen and oxygen atoms in total. The van der Waals surface area contributed by atoms with Crippen molar-refractivity contribution in [2.45, 2.75) is 44.0 Å². The molecule has 1 N–H and O–H groups in total. The normalized spacial score (nSPS) is 40.5. The first-order valence-electron chi connectivity index (χ1n) is 5.43. The van der Waals surface area contributed by atoms with Gasteiger partial charge in [-0.2, -0.15) is 0 Å². The van der Waals surface area contributed by atoms with Crippen LogP contribution in [0.25, 0.3) is 0 Å². The van der Waals surface area contributed by atoms with E-state index < -0.39 is 5.60 Å². The predicted molar refractivity (Wildman–Crippen MR) is 57.7 cm³/mol. The van der Waals surface area contributed by atoms with Gasteiger partial charge in [0.2, 0.25) is 0 Å². The molecule has 1 aromatic rings. The van der Waals surface area contributed by atoms with Crippen LogP contribution in [0.2, 0.25) is 0 Å². The van der Waals surface area contributed by atoms with Gasteiger partial charge in [-0.25, -0.2) is 0 Å². The van der Waals surface area contributed by atoms with Crippen molar-refractivity contribution in [3.63, 3.8) is 0 Å². The highest BCUT2D eigenvalue weighted by molar-refractivity contribution is 5.45. The maximum Gasteiger partial charge on any atom is 0.118 e. The molecule has 1 aliphatic carbocycles. The lowest BCUT2D eigenvalue weighted by molar-refractivity contribution is -0.0339. The van der Waals surface area contributed by atoms with Gasteiger partial charge in [0.25, 0.3) is 0 Å². The van der Waals surface area contributed by atoms with Crippen molar-refractivity contribution in [1.29, 1.82) is 0 Å². The third kappa shape index (κ3) is 0.963. The Balaban J connectivity index is 2.25.